The number of carbonyl (C=O) groups is 2. The van der Waals surface area contributed by atoms with Gasteiger partial charge in [-0.15, -0.1) is 11.3 Å². The van der Waals surface area contributed by atoms with Crippen LogP contribution in [0.2, 0.25) is 0 Å². The van der Waals surface area contributed by atoms with Crippen LogP contribution in [0.15, 0.2) is 47.9 Å². The van der Waals surface area contributed by atoms with E-state index in [-0.39, 0.29) is 12.5 Å². The highest BCUT2D eigenvalue weighted by Gasteiger charge is 2.07. The number of esters is 1. The summed E-state index contributed by atoms with van der Waals surface area (Å²) in [5, 5.41) is 4.63. The van der Waals surface area contributed by atoms with Crippen molar-refractivity contribution < 1.29 is 14.3 Å². The number of hydrogen-bond acceptors (Lipinski definition) is 4. The monoisotopic (exact) mass is 343 g/mol. The lowest BCUT2D eigenvalue weighted by Crippen LogP contribution is -2.20. The molecular formula is C19H21NO3S. The van der Waals surface area contributed by atoms with Crippen LogP contribution in [0.25, 0.3) is 6.08 Å². The van der Waals surface area contributed by atoms with E-state index >= 15 is 0 Å². The third-order valence-electron chi connectivity index (χ3n) is 3.65. The van der Waals surface area contributed by atoms with Crippen LogP contribution >= 0.6 is 11.3 Å². The second-order valence-electron chi connectivity index (χ2n) is 5.44. The van der Waals surface area contributed by atoms with E-state index in [1.165, 1.54) is 23.0 Å². The number of ether oxygens (including phenoxy) is 1. The highest BCUT2D eigenvalue weighted by atomic mass is 32.1. The molecule has 1 aromatic heterocycles. The summed E-state index contributed by atoms with van der Waals surface area (Å²) >= 11 is 1.52. The van der Waals surface area contributed by atoms with Gasteiger partial charge in [-0.3, -0.25) is 4.79 Å². The van der Waals surface area contributed by atoms with Crippen LogP contribution in [-0.4, -0.2) is 18.5 Å². The Morgan fingerprint density at radius 3 is 2.62 bits per heavy atom. The lowest BCUT2D eigenvalue weighted by molar-refractivity contribution is -0.142. The molecule has 0 fully saturated rings. The summed E-state index contributed by atoms with van der Waals surface area (Å²) in [6.45, 7) is 4.00. The summed E-state index contributed by atoms with van der Waals surface area (Å²) in [4.78, 5) is 24.3. The molecule has 126 valence electrons. The molecule has 0 spiro atoms. The molecule has 0 unspecified atom stereocenters. The standard InChI is InChI=1S/C19H21NO3S/c1-3-14(2)15-6-8-16(9-7-15)20-18(21)13-23-19(22)11-10-17-5-4-12-24-17/h4-12,14H,3,13H2,1-2H3,(H,20,21)/b11-10+/t14-/m1/s1. The summed E-state index contributed by atoms with van der Waals surface area (Å²) in [6.07, 6.45) is 4.05. The van der Waals surface area contributed by atoms with E-state index < -0.39 is 5.97 Å². The minimum atomic E-state index is -0.536. The van der Waals surface area contributed by atoms with Gasteiger partial charge in [0.05, 0.1) is 0 Å². The Hall–Kier alpha value is -2.40. The van der Waals surface area contributed by atoms with E-state index in [1.807, 2.05) is 41.8 Å². The van der Waals surface area contributed by atoms with Crippen LogP contribution in [0.5, 0.6) is 0 Å². The maximum Gasteiger partial charge on any atom is 0.331 e. The number of amides is 1. The van der Waals surface area contributed by atoms with E-state index in [0.29, 0.717) is 11.6 Å². The lowest BCUT2D eigenvalue weighted by atomic mass is 9.99. The highest BCUT2D eigenvalue weighted by molar-refractivity contribution is 7.10. The number of nitrogens with one attached hydrogen (secondary N) is 1. The Morgan fingerprint density at radius 1 is 1.25 bits per heavy atom. The number of rotatable bonds is 7. The first kappa shape index (κ1) is 17.9. The van der Waals surface area contributed by atoms with E-state index in [1.54, 1.807) is 6.08 Å². The number of anilines is 1. The van der Waals surface area contributed by atoms with Gasteiger partial charge in [0.2, 0.25) is 0 Å². The summed E-state index contributed by atoms with van der Waals surface area (Å²) < 4.78 is 4.92. The number of benzene rings is 1. The fraction of sp³-hybridized carbons (Fsp3) is 0.263. The van der Waals surface area contributed by atoms with Crippen molar-refractivity contribution >= 4 is 35.0 Å². The van der Waals surface area contributed by atoms with Crippen molar-refractivity contribution in [2.45, 2.75) is 26.2 Å². The zero-order valence-electron chi connectivity index (χ0n) is 13.8. The summed E-state index contributed by atoms with van der Waals surface area (Å²) in [5.74, 6) is -0.402. The lowest BCUT2D eigenvalue weighted by Gasteiger charge is -2.10. The number of carbonyl (C=O) groups excluding carboxylic acids is 2. The first-order valence-corrected chi connectivity index (χ1v) is 8.74. The van der Waals surface area contributed by atoms with Gasteiger partial charge in [0, 0.05) is 16.6 Å². The average Bonchev–Trinajstić information content (AvgIpc) is 3.11. The summed E-state index contributed by atoms with van der Waals surface area (Å²) in [6, 6.07) is 11.5. The molecule has 0 aliphatic heterocycles. The second-order valence-corrected chi connectivity index (χ2v) is 6.42. The normalized spacial score (nSPS) is 12.1. The molecule has 2 rings (SSSR count). The van der Waals surface area contributed by atoms with E-state index in [0.717, 1.165) is 11.3 Å². The van der Waals surface area contributed by atoms with E-state index in [9.17, 15) is 9.59 Å². The average molecular weight is 343 g/mol. The minimum Gasteiger partial charge on any atom is -0.452 e. The van der Waals surface area contributed by atoms with Gasteiger partial charge in [0.25, 0.3) is 5.91 Å². The molecule has 4 nitrogen and oxygen atoms in total. The van der Waals surface area contributed by atoms with Crippen molar-refractivity contribution in [2.24, 2.45) is 0 Å². The Balaban J connectivity index is 1.77. The van der Waals surface area contributed by atoms with E-state index in [4.69, 9.17) is 4.74 Å². The van der Waals surface area contributed by atoms with Crippen molar-refractivity contribution in [1.82, 2.24) is 0 Å². The maximum atomic E-state index is 11.8. The van der Waals surface area contributed by atoms with Gasteiger partial charge in [0.1, 0.15) is 0 Å². The van der Waals surface area contributed by atoms with Gasteiger partial charge in [-0.05, 0) is 47.6 Å². The molecule has 1 N–H and O–H groups in total. The Kier molecular flexibility index (Phi) is 6.75. The van der Waals surface area contributed by atoms with Gasteiger partial charge in [-0.2, -0.15) is 0 Å². The van der Waals surface area contributed by atoms with Crippen molar-refractivity contribution in [1.29, 1.82) is 0 Å². The van der Waals surface area contributed by atoms with Gasteiger partial charge >= 0.3 is 5.97 Å². The third kappa shape index (κ3) is 5.66. The molecule has 0 aliphatic carbocycles. The molecule has 0 aliphatic rings. The molecule has 1 amide bonds. The maximum absolute atomic E-state index is 11.8. The van der Waals surface area contributed by atoms with Crippen LogP contribution in [0.1, 0.15) is 36.6 Å². The fourth-order valence-corrected chi connectivity index (χ4v) is 2.67. The molecule has 0 saturated heterocycles. The molecule has 1 atom stereocenters. The Bertz CT molecular complexity index is 690. The molecule has 0 saturated carbocycles. The first-order valence-electron chi connectivity index (χ1n) is 7.86. The third-order valence-corrected chi connectivity index (χ3v) is 4.49. The quantitative estimate of drug-likeness (QED) is 0.596. The van der Waals surface area contributed by atoms with Crippen molar-refractivity contribution in [3.63, 3.8) is 0 Å². The van der Waals surface area contributed by atoms with Gasteiger partial charge in [-0.25, -0.2) is 4.79 Å². The highest BCUT2D eigenvalue weighted by Crippen LogP contribution is 2.20. The smallest absolute Gasteiger partial charge is 0.331 e. The zero-order chi connectivity index (χ0) is 17.4. The van der Waals surface area contributed by atoms with Crippen LogP contribution in [0.4, 0.5) is 5.69 Å². The van der Waals surface area contributed by atoms with Crippen molar-refractivity contribution in [3.05, 3.63) is 58.3 Å². The molecule has 5 heteroatoms. The van der Waals surface area contributed by atoms with Crippen LogP contribution < -0.4 is 5.32 Å². The number of hydrogen-bond donors (Lipinski definition) is 1. The number of thiophene rings is 1. The second kappa shape index (κ2) is 9.03. The minimum absolute atomic E-state index is 0.305. The van der Waals surface area contributed by atoms with Gasteiger partial charge in [-0.1, -0.05) is 32.0 Å². The van der Waals surface area contributed by atoms with Gasteiger partial charge < -0.3 is 10.1 Å². The molecule has 1 aromatic carbocycles. The molecule has 2 aromatic rings. The molecule has 0 radical (unpaired) electrons. The van der Waals surface area contributed by atoms with Crippen molar-refractivity contribution in [2.75, 3.05) is 11.9 Å². The SMILES string of the molecule is CC[C@@H](C)c1ccc(NC(=O)COC(=O)/C=C/c2cccs2)cc1. The molecule has 0 bridgehead atoms. The van der Waals surface area contributed by atoms with Crippen LogP contribution in [0, 0.1) is 0 Å². The first-order chi connectivity index (χ1) is 11.6. The molecule has 24 heavy (non-hydrogen) atoms. The van der Waals surface area contributed by atoms with E-state index in [2.05, 4.69) is 19.2 Å². The van der Waals surface area contributed by atoms with Crippen LogP contribution in [0.3, 0.4) is 0 Å². The summed E-state index contributed by atoms with van der Waals surface area (Å²) in [7, 11) is 0. The largest absolute Gasteiger partial charge is 0.452 e. The molecule has 1 heterocycles. The predicted molar refractivity (Wildman–Crippen MR) is 98.1 cm³/mol. The fourth-order valence-electron chi connectivity index (χ4n) is 2.05. The zero-order valence-corrected chi connectivity index (χ0v) is 14.6. The Labute approximate surface area is 146 Å². The predicted octanol–water partition coefficient (Wildman–Crippen LogP) is 4.46. The summed E-state index contributed by atoms with van der Waals surface area (Å²) in [5.41, 5.74) is 1.93. The van der Waals surface area contributed by atoms with Crippen molar-refractivity contribution in [3.8, 4) is 0 Å². The van der Waals surface area contributed by atoms with Gasteiger partial charge in [0.15, 0.2) is 6.61 Å². The topological polar surface area (TPSA) is 55.4 Å². The van der Waals surface area contributed by atoms with Crippen LogP contribution in [-0.2, 0) is 14.3 Å². The Morgan fingerprint density at radius 2 is 2.00 bits per heavy atom. The molecular weight excluding hydrogens is 322 g/mol.